The predicted octanol–water partition coefficient (Wildman–Crippen LogP) is 7.44. The molecule has 0 bridgehead atoms. The van der Waals surface area contributed by atoms with Crippen LogP contribution in [0.25, 0.3) is 0 Å². The van der Waals surface area contributed by atoms with Crippen LogP contribution in [0.3, 0.4) is 0 Å². The highest BCUT2D eigenvalue weighted by molar-refractivity contribution is 9.10. The number of nitrogens with zero attached hydrogens (tertiary/aromatic N) is 2. The summed E-state index contributed by atoms with van der Waals surface area (Å²) in [5.74, 6) is -0.178. The summed E-state index contributed by atoms with van der Waals surface area (Å²) in [5.41, 5.74) is 3.02. The zero-order valence-corrected chi connectivity index (χ0v) is 30.5. The lowest BCUT2D eigenvalue weighted by atomic mass is 9.94. The van der Waals surface area contributed by atoms with Crippen molar-refractivity contribution in [1.82, 2.24) is 10.2 Å². The molecule has 0 aliphatic heterocycles. The molecule has 258 valence electrons. The van der Waals surface area contributed by atoms with Gasteiger partial charge in [-0.3, -0.25) is 13.9 Å². The van der Waals surface area contributed by atoms with Gasteiger partial charge in [0.2, 0.25) is 11.8 Å². The molecule has 0 spiro atoms. The molecular formula is C39H44BrN3O5S. The number of halogens is 1. The quantitative estimate of drug-likeness (QED) is 0.145. The van der Waals surface area contributed by atoms with Crippen molar-refractivity contribution >= 4 is 43.5 Å². The lowest BCUT2D eigenvalue weighted by Crippen LogP contribution is -2.55. The van der Waals surface area contributed by atoms with Crippen LogP contribution in [0.5, 0.6) is 5.75 Å². The number of amides is 2. The summed E-state index contributed by atoms with van der Waals surface area (Å²) in [6, 6.07) is 29.6. The highest BCUT2D eigenvalue weighted by atomic mass is 79.9. The van der Waals surface area contributed by atoms with Crippen molar-refractivity contribution in [2.75, 3.05) is 17.5 Å². The molecular weight excluding hydrogens is 702 g/mol. The molecule has 0 saturated heterocycles. The molecule has 10 heteroatoms. The van der Waals surface area contributed by atoms with Gasteiger partial charge in [0.25, 0.3) is 10.0 Å². The number of nitrogens with one attached hydrogen (secondary N) is 1. The van der Waals surface area contributed by atoms with Crippen molar-refractivity contribution in [3.05, 3.63) is 124 Å². The Balaban J connectivity index is 1.55. The molecule has 1 N–H and O–H groups in total. The maximum Gasteiger partial charge on any atom is 0.264 e. The Kier molecular flexibility index (Phi) is 12.5. The summed E-state index contributed by atoms with van der Waals surface area (Å²) in [7, 11) is -4.21. The molecule has 0 unspecified atom stereocenters. The third-order valence-electron chi connectivity index (χ3n) is 8.81. The van der Waals surface area contributed by atoms with Crippen LogP contribution in [-0.4, -0.2) is 50.4 Å². The summed E-state index contributed by atoms with van der Waals surface area (Å²) < 4.78 is 36.2. The van der Waals surface area contributed by atoms with Crippen LogP contribution in [0, 0.1) is 6.92 Å². The minimum atomic E-state index is -4.21. The molecule has 0 aromatic heterocycles. The van der Waals surface area contributed by atoms with Crippen molar-refractivity contribution in [1.29, 1.82) is 0 Å². The van der Waals surface area contributed by atoms with Gasteiger partial charge < -0.3 is 15.0 Å². The largest absolute Gasteiger partial charge is 0.494 e. The van der Waals surface area contributed by atoms with Crippen LogP contribution in [0.2, 0.25) is 0 Å². The number of benzene rings is 4. The number of rotatable bonds is 14. The summed E-state index contributed by atoms with van der Waals surface area (Å²) >= 11 is 3.49. The second-order valence-corrected chi connectivity index (χ2v) is 15.2. The van der Waals surface area contributed by atoms with Crippen LogP contribution in [0.1, 0.15) is 55.7 Å². The number of hydrogen-bond acceptors (Lipinski definition) is 5. The van der Waals surface area contributed by atoms with Gasteiger partial charge in [0, 0.05) is 23.5 Å². The first kappa shape index (κ1) is 36.1. The van der Waals surface area contributed by atoms with E-state index in [0.717, 1.165) is 57.6 Å². The van der Waals surface area contributed by atoms with E-state index in [2.05, 4.69) is 21.2 Å². The Hall–Kier alpha value is -4.15. The lowest BCUT2D eigenvalue weighted by Gasteiger charge is -2.35. The van der Waals surface area contributed by atoms with E-state index in [1.807, 2.05) is 80.6 Å². The zero-order valence-electron chi connectivity index (χ0n) is 28.1. The first-order valence-corrected chi connectivity index (χ1v) is 19.1. The third kappa shape index (κ3) is 9.73. The predicted molar refractivity (Wildman–Crippen MR) is 197 cm³/mol. The standard InChI is InChI=1S/C39H44BrN3O5S/c1-3-48-35-22-24-36(25-23-35)49(46,47)43(34-20-14-29(2)15-21-34)28-38(44)42(27-31-16-18-32(40)19-17-31)37(26-30-10-6-4-7-11-30)39(45)41-33-12-8-5-9-13-33/h4,6-7,10-11,14-25,33,37H,3,5,8-9,12-13,26-28H2,1-2H3,(H,41,45)/t37-/m1/s1. The molecule has 1 atom stereocenters. The van der Waals surface area contributed by atoms with Gasteiger partial charge in [-0.15, -0.1) is 0 Å². The second kappa shape index (κ2) is 17.0. The van der Waals surface area contributed by atoms with Crippen LogP contribution in [-0.2, 0) is 32.6 Å². The fourth-order valence-electron chi connectivity index (χ4n) is 6.13. The minimum absolute atomic E-state index is 0.0275. The van der Waals surface area contributed by atoms with Gasteiger partial charge in [0.1, 0.15) is 18.3 Å². The van der Waals surface area contributed by atoms with Crippen LogP contribution in [0.4, 0.5) is 5.69 Å². The summed E-state index contributed by atoms with van der Waals surface area (Å²) in [4.78, 5) is 30.5. The highest BCUT2D eigenvalue weighted by Crippen LogP contribution is 2.27. The maximum absolute atomic E-state index is 14.7. The number of anilines is 1. The van der Waals surface area contributed by atoms with Crippen LogP contribution < -0.4 is 14.4 Å². The van der Waals surface area contributed by atoms with Gasteiger partial charge >= 0.3 is 0 Å². The highest BCUT2D eigenvalue weighted by Gasteiger charge is 2.35. The van der Waals surface area contributed by atoms with E-state index >= 15 is 0 Å². The smallest absolute Gasteiger partial charge is 0.264 e. The number of hydrogen-bond donors (Lipinski definition) is 1. The normalized spacial score (nSPS) is 14.1. The Morgan fingerprint density at radius 1 is 0.857 bits per heavy atom. The van der Waals surface area contributed by atoms with Gasteiger partial charge in [0.05, 0.1) is 17.2 Å². The maximum atomic E-state index is 14.7. The fourth-order valence-corrected chi connectivity index (χ4v) is 7.80. The molecule has 1 aliphatic carbocycles. The average molecular weight is 747 g/mol. The van der Waals surface area contributed by atoms with Crippen LogP contribution >= 0.6 is 15.9 Å². The average Bonchev–Trinajstić information content (AvgIpc) is 3.11. The third-order valence-corrected chi connectivity index (χ3v) is 11.1. The number of sulfonamides is 1. The first-order chi connectivity index (χ1) is 23.6. The van der Waals surface area contributed by atoms with E-state index in [4.69, 9.17) is 4.74 Å². The molecule has 1 fully saturated rings. The van der Waals surface area contributed by atoms with Crippen molar-refractivity contribution in [2.24, 2.45) is 0 Å². The van der Waals surface area contributed by atoms with Crippen LogP contribution in [0.15, 0.2) is 112 Å². The Bertz CT molecular complexity index is 1780. The van der Waals surface area contributed by atoms with Crippen molar-refractivity contribution in [3.8, 4) is 5.75 Å². The van der Waals surface area contributed by atoms with E-state index < -0.39 is 28.5 Å². The number of carbonyl (C=O) groups is 2. The molecule has 4 aromatic rings. The molecule has 0 radical (unpaired) electrons. The number of ether oxygens (including phenoxy) is 1. The monoisotopic (exact) mass is 745 g/mol. The summed E-state index contributed by atoms with van der Waals surface area (Å²) in [6.45, 7) is 3.83. The van der Waals surface area contributed by atoms with Gasteiger partial charge in [0.15, 0.2) is 0 Å². The molecule has 1 aliphatic rings. The van der Waals surface area contributed by atoms with E-state index in [0.29, 0.717) is 18.0 Å². The second-order valence-electron chi connectivity index (χ2n) is 12.4. The lowest BCUT2D eigenvalue weighted by molar-refractivity contribution is -0.140. The molecule has 49 heavy (non-hydrogen) atoms. The Labute approximate surface area is 298 Å². The first-order valence-electron chi connectivity index (χ1n) is 16.8. The SMILES string of the molecule is CCOc1ccc(S(=O)(=O)N(CC(=O)N(Cc2ccc(Br)cc2)[C@H](Cc2ccccc2)C(=O)NC2CCCCC2)c2ccc(C)cc2)cc1. The Morgan fingerprint density at radius 3 is 2.14 bits per heavy atom. The van der Waals surface area contributed by atoms with E-state index in [-0.39, 0.29) is 29.8 Å². The van der Waals surface area contributed by atoms with E-state index in [1.165, 1.54) is 12.1 Å². The van der Waals surface area contributed by atoms with Crippen molar-refractivity contribution in [2.45, 2.75) is 75.9 Å². The number of aryl methyl sites for hydroxylation is 1. The minimum Gasteiger partial charge on any atom is -0.494 e. The topological polar surface area (TPSA) is 96.0 Å². The van der Waals surface area contributed by atoms with Crippen molar-refractivity contribution < 1.29 is 22.7 Å². The van der Waals surface area contributed by atoms with Gasteiger partial charge in [-0.25, -0.2) is 8.42 Å². The summed E-state index contributed by atoms with van der Waals surface area (Å²) in [5, 5.41) is 3.25. The molecule has 0 heterocycles. The van der Waals surface area contributed by atoms with Crippen molar-refractivity contribution in [3.63, 3.8) is 0 Å². The van der Waals surface area contributed by atoms with Gasteiger partial charge in [-0.2, -0.15) is 0 Å². The van der Waals surface area contributed by atoms with E-state index in [1.54, 1.807) is 29.2 Å². The molecule has 1 saturated carbocycles. The Morgan fingerprint density at radius 2 is 1.51 bits per heavy atom. The van der Waals surface area contributed by atoms with Gasteiger partial charge in [-0.1, -0.05) is 95.4 Å². The molecule has 5 rings (SSSR count). The fraction of sp³-hybridized carbons (Fsp3) is 0.333. The molecule has 8 nitrogen and oxygen atoms in total. The molecule has 2 amide bonds. The number of carbonyl (C=O) groups excluding carboxylic acids is 2. The van der Waals surface area contributed by atoms with Gasteiger partial charge in [-0.05, 0) is 86.3 Å². The van der Waals surface area contributed by atoms with E-state index in [9.17, 15) is 18.0 Å². The zero-order chi connectivity index (χ0) is 34.8. The molecule has 4 aromatic carbocycles. The summed E-state index contributed by atoms with van der Waals surface area (Å²) in [6.07, 6.45) is 5.30.